The predicted molar refractivity (Wildman–Crippen MR) is 56.2 cm³/mol. The van der Waals surface area contributed by atoms with Gasteiger partial charge in [-0.1, -0.05) is 18.2 Å². The Kier molecular flexibility index (Phi) is 2.47. The molecule has 0 aliphatic heterocycles. The van der Waals surface area contributed by atoms with Crippen LogP contribution < -0.4 is 16.0 Å². The first-order valence-corrected chi connectivity index (χ1v) is 4.53. The van der Waals surface area contributed by atoms with Gasteiger partial charge in [0, 0.05) is 6.07 Å². The SMILES string of the molecule is N=c1cc(Oc2ccccc2)nc(N)n1O. The van der Waals surface area contributed by atoms with Gasteiger partial charge < -0.3 is 15.7 Å². The van der Waals surface area contributed by atoms with Gasteiger partial charge in [-0.25, -0.2) is 0 Å². The molecule has 2 rings (SSSR count). The number of benzene rings is 1. The second-order valence-electron chi connectivity index (χ2n) is 3.06. The summed E-state index contributed by atoms with van der Waals surface area (Å²) in [6.07, 6.45) is 0. The van der Waals surface area contributed by atoms with Crippen LogP contribution in [0, 0.1) is 5.41 Å². The molecule has 4 N–H and O–H groups in total. The molecule has 0 unspecified atom stereocenters. The monoisotopic (exact) mass is 218 g/mol. The average Bonchev–Trinajstić information content (AvgIpc) is 2.27. The molecule has 0 saturated carbocycles. The van der Waals surface area contributed by atoms with Gasteiger partial charge in [-0.15, -0.1) is 4.73 Å². The Morgan fingerprint density at radius 1 is 1.31 bits per heavy atom. The molecule has 0 aliphatic carbocycles. The highest BCUT2D eigenvalue weighted by molar-refractivity contribution is 5.28. The van der Waals surface area contributed by atoms with Crippen LogP contribution in [-0.4, -0.2) is 14.9 Å². The first-order chi connectivity index (χ1) is 7.66. The van der Waals surface area contributed by atoms with Gasteiger partial charge in [0.15, 0.2) is 5.49 Å². The minimum absolute atomic E-state index is 0.166. The number of para-hydroxylation sites is 1. The molecule has 0 saturated heterocycles. The van der Waals surface area contributed by atoms with E-state index in [-0.39, 0.29) is 17.3 Å². The molecule has 0 atom stereocenters. The van der Waals surface area contributed by atoms with E-state index < -0.39 is 0 Å². The van der Waals surface area contributed by atoms with Crippen molar-refractivity contribution in [2.75, 3.05) is 5.73 Å². The summed E-state index contributed by atoms with van der Waals surface area (Å²) < 4.78 is 5.83. The van der Waals surface area contributed by atoms with Gasteiger partial charge in [0.2, 0.25) is 11.8 Å². The number of nitrogens with two attached hydrogens (primary N) is 1. The molecule has 0 aliphatic rings. The molecular weight excluding hydrogens is 208 g/mol. The predicted octanol–water partition coefficient (Wildman–Crippen LogP) is 0.974. The summed E-state index contributed by atoms with van der Waals surface area (Å²) in [7, 11) is 0. The summed E-state index contributed by atoms with van der Waals surface area (Å²) in [5.41, 5.74) is 5.18. The van der Waals surface area contributed by atoms with Crippen molar-refractivity contribution in [2.45, 2.75) is 0 Å². The normalized spacial score (nSPS) is 10.0. The third-order valence-corrected chi connectivity index (χ3v) is 1.90. The minimum Gasteiger partial charge on any atom is -0.439 e. The summed E-state index contributed by atoms with van der Waals surface area (Å²) in [6.45, 7) is 0. The van der Waals surface area contributed by atoms with Crippen molar-refractivity contribution < 1.29 is 9.94 Å². The number of ether oxygens (including phenoxy) is 1. The molecule has 2 aromatic rings. The lowest BCUT2D eigenvalue weighted by atomic mass is 10.3. The van der Waals surface area contributed by atoms with Crippen LogP contribution in [0.25, 0.3) is 0 Å². The van der Waals surface area contributed by atoms with E-state index >= 15 is 0 Å². The van der Waals surface area contributed by atoms with Crippen LogP contribution in [-0.2, 0) is 0 Å². The van der Waals surface area contributed by atoms with Crippen molar-refractivity contribution in [2.24, 2.45) is 0 Å². The maximum Gasteiger partial charge on any atom is 0.239 e. The first-order valence-electron chi connectivity index (χ1n) is 4.53. The molecule has 1 aromatic carbocycles. The molecular formula is C10H10N4O2. The second kappa shape index (κ2) is 3.93. The smallest absolute Gasteiger partial charge is 0.239 e. The summed E-state index contributed by atoms with van der Waals surface area (Å²) in [5, 5.41) is 16.6. The molecule has 6 heteroatoms. The molecule has 0 fully saturated rings. The number of rotatable bonds is 2. The maximum absolute atomic E-state index is 9.18. The Hall–Kier alpha value is -2.50. The number of aromatic nitrogens is 2. The lowest BCUT2D eigenvalue weighted by Gasteiger charge is -2.06. The third-order valence-electron chi connectivity index (χ3n) is 1.90. The zero-order valence-corrected chi connectivity index (χ0v) is 8.29. The molecule has 0 spiro atoms. The van der Waals surface area contributed by atoms with Crippen molar-refractivity contribution in [3.8, 4) is 11.6 Å². The summed E-state index contributed by atoms with van der Waals surface area (Å²) in [4.78, 5) is 3.78. The highest BCUT2D eigenvalue weighted by Crippen LogP contribution is 2.17. The van der Waals surface area contributed by atoms with Crippen molar-refractivity contribution in [3.63, 3.8) is 0 Å². The van der Waals surface area contributed by atoms with E-state index in [0.717, 1.165) is 0 Å². The number of nitrogens with one attached hydrogen (secondary N) is 1. The average molecular weight is 218 g/mol. The van der Waals surface area contributed by atoms with Gasteiger partial charge in [0.1, 0.15) is 5.75 Å². The van der Waals surface area contributed by atoms with Gasteiger partial charge in [-0.05, 0) is 12.1 Å². The Bertz CT molecular complexity index is 550. The van der Waals surface area contributed by atoms with Gasteiger partial charge in [-0.3, -0.25) is 5.41 Å². The van der Waals surface area contributed by atoms with Crippen molar-refractivity contribution in [1.29, 1.82) is 5.41 Å². The number of nitrogen functional groups attached to an aromatic ring is 1. The van der Waals surface area contributed by atoms with E-state index in [1.807, 2.05) is 18.2 Å². The minimum atomic E-state index is -0.196. The van der Waals surface area contributed by atoms with Gasteiger partial charge >= 0.3 is 0 Å². The van der Waals surface area contributed by atoms with Crippen LogP contribution in [0.4, 0.5) is 5.95 Å². The lowest BCUT2D eigenvalue weighted by molar-refractivity contribution is 0.172. The van der Waals surface area contributed by atoms with Crippen LogP contribution in [0.1, 0.15) is 0 Å². The second-order valence-corrected chi connectivity index (χ2v) is 3.06. The highest BCUT2D eigenvalue weighted by atomic mass is 16.5. The van der Waals surface area contributed by atoms with E-state index in [0.29, 0.717) is 10.5 Å². The van der Waals surface area contributed by atoms with E-state index in [9.17, 15) is 5.21 Å². The van der Waals surface area contributed by atoms with Crippen LogP contribution in [0.3, 0.4) is 0 Å². The summed E-state index contributed by atoms with van der Waals surface area (Å²) in [6, 6.07) is 10.3. The quantitative estimate of drug-likeness (QED) is 0.654. The maximum atomic E-state index is 9.18. The fourth-order valence-electron chi connectivity index (χ4n) is 1.16. The van der Waals surface area contributed by atoms with Crippen LogP contribution in [0.2, 0.25) is 0 Å². The zero-order valence-electron chi connectivity index (χ0n) is 8.29. The summed E-state index contributed by atoms with van der Waals surface area (Å²) in [5.74, 6) is 0.557. The standard InChI is InChI=1S/C10H10N4O2/c11-8-6-9(13-10(12)14(8)15)16-7-4-2-1-3-5-7/h1-6,11,15H,(H2,12,13). The molecule has 16 heavy (non-hydrogen) atoms. The van der Waals surface area contributed by atoms with Crippen molar-refractivity contribution in [3.05, 3.63) is 41.9 Å². The van der Waals surface area contributed by atoms with Crippen LogP contribution >= 0.6 is 0 Å². The van der Waals surface area contributed by atoms with Crippen LogP contribution in [0.15, 0.2) is 36.4 Å². The number of anilines is 1. The molecule has 1 aromatic heterocycles. The van der Waals surface area contributed by atoms with Crippen molar-refractivity contribution in [1.82, 2.24) is 9.71 Å². The molecule has 6 nitrogen and oxygen atoms in total. The number of hydrogen-bond donors (Lipinski definition) is 3. The van der Waals surface area contributed by atoms with E-state index in [1.54, 1.807) is 12.1 Å². The fraction of sp³-hybridized carbons (Fsp3) is 0. The lowest BCUT2D eigenvalue weighted by Crippen LogP contribution is -2.21. The van der Waals surface area contributed by atoms with Gasteiger partial charge in [-0.2, -0.15) is 4.98 Å². The van der Waals surface area contributed by atoms with Gasteiger partial charge in [0.25, 0.3) is 0 Å². The third kappa shape index (κ3) is 1.95. The first kappa shape index (κ1) is 10.0. The highest BCUT2D eigenvalue weighted by Gasteiger charge is 2.03. The Balaban J connectivity index is 2.33. The largest absolute Gasteiger partial charge is 0.439 e. The van der Waals surface area contributed by atoms with E-state index in [2.05, 4.69) is 4.98 Å². The number of hydrogen-bond acceptors (Lipinski definition) is 5. The van der Waals surface area contributed by atoms with E-state index in [1.165, 1.54) is 6.07 Å². The molecule has 82 valence electrons. The van der Waals surface area contributed by atoms with Gasteiger partial charge in [0.05, 0.1) is 0 Å². The van der Waals surface area contributed by atoms with E-state index in [4.69, 9.17) is 15.9 Å². The molecule has 0 radical (unpaired) electrons. The molecule has 1 heterocycles. The zero-order chi connectivity index (χ0) is 11.5. The molecule has 0 amide bonds. The Labute approximate surface area is 91.0 Å². The topological polar surface area (TPSA) is 97.1 Å². The molecule has 0 bridgehead atoms. The fourth-order valence-corrected chi connectivity index (χ4v) is 1.16. The Morgan fingerprint density at radius 3 is 2.62 bits per heavy atom. The van der Waals surface area contributed by atoms with Crippen molar-refractivity contribution >= 4 is 5.95 Å². The number of nitrogens with zero attached hydrogens (tertiary/aromatic N) is 2. The Morgan fingerprint density at radius 2 is 2.00 bits per heavy atom. The van der Waals surface area contributed by atoms with Crippen LogP contribution in [0.5, 0.6) is 11.6 Å². The summed E-state index contributed by atoms with van der Waals surface area (Å²) >= 11 is 0.